The summed E-state index contributed by atoms with van der Waals surface area (Å²) in [5, 5.41) is 17.6. The molecule has 3 N–H and O–H groups in total. The lowest BCUT2D eigenvalue weighted by atomic mass is 10.1. The quantitative estimate of drug-likeness (QED) is 0.622. The Labute approximate surface area is 109 Å². The molecule has 0 aliphatic carbocycles. The molecular formula is C10H13N2O6P. The molecule has 1 rings (SSSR count). The molecule has 1 aromatic heterocycles. The zero-order chi connectivity index (χ0) is 14.4. The van der Waals surface area contributed by atoms with E-state index in [0.29, 0.717) is 0 Å². The molecule has 0 fully saturated rings. The molecule has 2 unspecified atom stereocenters. The van der Waals surface area contributed by atoms with Crippen LogP contribution in [0.1, 0.15) is 12.8 Å². The fraction of sp³-hybridized carbons (Fsp3) is 0.300. The number of carboxylic acid groups (broad SMARTS) is 2. The van der Waals surface area contributed by atoms with Gasteiger partial charge >= 0.3 is 11.9 Å². The third-order valence-electron chi connectivity index (χ3n) is 2.33. The van der Waals surface area contributed by atoms with Gasteiger partial charge in [-0.1, -0.05) is 6.07 Å². The lowest BCUT2D eigenvalue weighted by Gasteiger charge is -2.26. The van der Waals surface area contributed by atoms with Gasteiger partial charge in [-0.15, -0.1) is 0 Å². The Morgan fingerprint density at radius 1 is 1.37 bits per heavy atom. The van der Waals surface area contributed by atoms with E-state index in [1.165, 1.54) is 18.3 Å². The van der Waals surface area contributed by atoms with Gasteiger partial charge in [-0.25, -0.2) is 9.78 Å². The monoisotopic (exact) mass is 288 g/mol. The maximum Gasteiger partial charge on any atom is 0.326 e. The second-order valence-electron chi connectivity index (χ2n) is 3.63. The first-order chi connectivity index (χ1) is 8.93. The van der Waals surface area contributed by atoms with E-state index in [1.807, 2.05) is 0 Å². The lowest BCUT2D eigenvalue weighted by molar-refractivity contribution is -0.139. The van der Waals surface area contributed by atoms with Crippen molar-refractivity contribution < 1.29 is 29.3 Å². The van der Waals surface area contributed by atoms with Crippen LogP contribution in [0.2, 0.25) is 0 Å². The number of anilines is 1. The predicted molar refractivity (Wildman–Crippen MR) is 66.2 cm³/mol. The maximum atomic E-state index is 11.4. The first-order valence-electron chi connectivity index (χ1n) is 5.31. The van der Waals surface area contributed by atoms with Crippen LogP contribution in [0.5, 0.6) is 0 Å². The summed E-state index contributed by atoms with van der Waals surface area (Å²) in [6, 6.07) is 3.08. The smallest absolute Gasteiger partial charge is 0.326 e. The number of carbonyl (C=O) groups is 2. The SMILES string of the molecule is O=C(O)CCC(C(=O)O)N(c1ccccn1)[PH](=O)O. The summed E-state index contributed by atoms with van der Waals surface area (Å²) < 4.78 is 12.1. The number of rotatable bonds is 7. The Morgan fingerprint density at radius 2 is 2.05 bits per heavy atom. The number of hydrogen-bond acceptors (Lipinski definition) is 4. The fourth-order valence-corrected chi connectivity index (χ4v) is 2.34. The molecule has 0 saturated heterocycles. The minimum Gasteiger partial charge on any atom is -0.481 e. The van der Waals surface area contributed by atoms with E-state index < -0.39 is 32.6 Å². The van der Waals surface area contributed by atoms with Crippen LogP contribution >= 0.6 is 8.18 Å². The molecule has 104 valence electrons. The Kier molecular flexibility index (Phi) is 5.47. The van der Waals surface area contributed by atoms with Crippen molar-refractivity contribution in [1.29, 1.82) is 0 Å². The van der Waals surface area contributed by atoms with E-state index in [9.17, 15) is 19.0 Å². The highest BCUT2D eigenvalue weighted by atomic mass is 31.1. The average molecular weight is 288 g/mol. The van der Waals surface area contributed by atoms with Gasteiger partial charge in [-0.3, -0.25) is 14.0 Å². The summed E-state index contributed by atoms with van der Waals surface area (Å²) in [5.74, 6) is -2.53. The van der Waals surface area contributed by atoms with E-state index in [-0.39, 0.29) is 12.2 Å². The van der Waals surface area contributed by atoms with Crippen LogP contribution in [0.4, 0.5) is 5.82 Å². The van der Waals surface area contributed by atoms with Gasteiger partial charge < -0.3 is 15.1 Å². The van der Waals surface area contributed by atoms with Crippen molar-refractivity contribution in [2.75, 3.05) is 4.67 Å². The van der Waals surface area contributed by atoms with Gasteiger partial charge in [0, 0.05) is 12.6 Å². The van der Waals surface area contributed by atoms with Crippen molar-refractivity contribution in [2.24, 2.45) is 0 Å². The Balaban J connectivity index is 3.03. The summed E-state index contributed by atoms with van der Waals surface area (Å²) in [6.45, 7) is 0. The molecule has 0 aliphatic heterocycles. The molecule has 0 amide bonds. The van der Waals surface area contributed by atoms with Gasteiger partial charge in [0.1, 0.15) is 11.9 Å². The molecule has 0 spiro atoms. The number of carboxylic acids is 2. The number of aliphatic carboxylic acids is 2. The molecule has 9 heteroatoms. The number of pyridine rings is 1. The van der Waals surface area contributed by atoms with Crippen LogP contribution in [0.15, 0.2) is 24.4 Å². The Morgan fingerprint density at radius 3 is 2.47 bits per heavy atom. The zero-order valence-corrected chi connectivity index (χ0v) is 10.8. The third-order valence-corrected chi connectivity index (χ3v) is 3.28. The van der Waals surface area contributed by atoms with Gasteiger partial charge in [-0.2, -0.15) is 0 Å². The molecule has 2 atom stereocenters. The van der Waals surface area contributed by atoms with Crippen molar-refractivity contribution in [3.63, 3.8) is 0 Å². The van der Waals surface area contributed by atoms with Crippen molar-refractivity contribution in [3.05, 3.63) is 24.4 Å². The minimum absolute atomic E-state index is 0.0201. The standard InChI is InChI=1S/C10H13N2O6P/c13-9(14)5-4-7(10(15)16)12(19(17)18)8-3-1-2-6-11-8/h1-3,6-7,19H,4-5H2,(H,13,14)(H,15,16)(H,17,18). The molecule has 0 bridgehead atoms. The van der Waals surface area contributed by atoms with Crippen molar-refractivity contribution in [1.82, 2.24) is 4.98 Å². The van der Waals surface area contributed by atoms with Crippen LogP contribution in [-0.2, 0) is 14.2 Å². The normalized spacial score (nSPS) is 13.5. The Hall–Kier alpha value is -1.92. The molecule has 0 saturated carbocycles. The lowest BCUT2D eigenvalue weighted by Crippen LogP contribution is -2.37. The van der Waals surface area contributed by atoms with Crippen molar-refractivity contribution in [3.8, 4) is 0 Å². The average Bonchev–Trinajstić information content (AvgIpc) is 2.34. The van der Waals surface area contributed by atoms with Gasteiger partial charge in [0.2, 0.25) is 0 Å². The minimum atomic E-state index is -3.37. The topological polar surface area (TPSA) is 128 Å². The summed E-state index contributed by atoms with van der Waals surface area (Å²) in [6.07, 6.45) is 0.636. The van der Waals surface area contributed by atoms with E-state index in [4.69, 9.17) is 10.2 Å². The number of aromatic nitrogens is 1. The third kappa shape index (κ3) is 4.35. The molecular weight excluding hydrogens is 275 g/mol. The van der Waals surface area contributed by atoms with Crippen LogP contribution in [0.3, 0.4) is 0 Å². The van der Waals surface area contributed by atoms with Crippen molar-refractivity contribution in [2.45, 2.75) is 18.9 Å². The number of hydrogen-bond donors (Lipinski definition) is 3. The largest absolute Gasteiger partial charge is 0.481 e. The van der Waals surface area contributed by atoms with Crippen molar-refractivity contribution >= 4 is 25.9 Å². The van der Waals surface area contributed by atoms with E-state index >= 15 is 0 Å². The molecule has 1 aromatic rings. The van der Waals surface area contributed by atoms with Gasteiger partial charge in [0.05, 0.1) is 0 Å². The number of nitrogens with zero attached hydrogens (tertiary/aromatic N) is 2. The first kappa shape index (κ1) is 15.1. The fourth-order valence-electron chi connectivity index (χ4n) is 1.51. The highest BCUT2D eigenvalue weighted by Crippen LogP contribution is 2.32. The summed E-state index contributed by atoms with van der Waals surface area (Å²) >= 11 is 0. The maximum absolute atomic E-state index is 11.4. The van der Waals surface area contributed by atoms with Crippen LogP contribution in [0, 0.1) is 0 Å². The van der Waals surface area contributed by atoms with Crippen LogP contribution < -0.4 is 4.67 Å². The predicted octanol–water partition coefficient (Wildman–Crippen LogP) is 0.588. The molecule has 1 heterocycles. The second kappa shape index (κ2) is 6.86. The molecule has 0 aromatic carbocycles. The molecule has 8 nitrogen and oxygen atoms in total. The summed E-state index contributed by atoms with van der Waals surface area (Å²) in [5.41, 5.74) is 0. The Bertz CT molecular complexity index is 480. The molecule has 0 radical (unpaired) electrons. The second-order valence-corrected chi connectivity index (χ2v) is 4.67. The molecule has 0 aliphatic rings. The van der Waals surface area contributed by atoms with E-state index in [0.717, 1.165) is 4.67 Å². The summed E-state index contributed by atoms with van der Waals surface area (Å²) in [4.78, 5) is 34.7. The van der Waals surface area contributed by atoms with Crippen LogP contribution in [0.25, 0.3) is 0 Å². The van der Waals surface area contributed by atoms with Gasteiger partial charge in [0.25, 0.3) is 8.18 Å². The zero-order valence-electron chi connectivity index (χ0n) is 9.76. The molecule has 19 heavy (non-hydrogen) atoms. The van der Waals surface area contributed by atoms with E-state index in [1.54, 1.807) is 6.07 Å². The highest BCUT2D eigenvalue weighted by molar-refractivity contribution is 7.40. The van der Waals surface area contributed by atoms with Crippen LogP contribution in [-0.4, -0.2) is 38.1 Å². The van der Waals surface area contributed by atoms with Gasteiger partial charge in [0.15, 0.2) is 0 Å². The highest BCUT2D eigenvalue weighted by Gasteiger charge is 2.30. The van der Waals surface area contributed by atoms with Gasteiger partial charge in [-0.05, 0) is 18.6 Å². The summed E-state index contributed by atoms with van der Waals surface area (Å²) in [7, 11) is -3.37. The first-order valence-corrected chi connectivity index (χ1v) is 6.61. The van der Waals surface area contributed by atoms with E-state index in [2.05, 4.69) is 4.98 Å².